The molecule has 0 spiro atoms. The first-order valence-electron chi connectivity index (χ1n) is 6.51. The minimum Gasteiger partial charge on any atom is -0.338 e. The summed E-state index contributed by atoms with van der Waals surface area (Å²) in [5.74, 6) is 0.0809. The first kappa shape index (κ1) is 16.5. The third-order valence-electron chi connectivity index (χ3n) is 3.50. The van der Waals surface area contributed by atoms with Crippen molar-refractivity contribution in [3.8, 4) is 0 Å². The minimum absolute atomic E-state index is 0.00315. The highest BCUT2D eigenvalue weighted by Gasteiger charge is 2.26. The molecule has 1 aliphatic heterocycles. The highest BCUT2D eigenvalue weighted by Crippen LogP contribution is 2.31. The number of sulfonamides is 1. The van der Waals surface area contributed by atoms with Gasteiger partial charge in [-0.1, -0.05) is 30.1 Å². The van der Waals surface area contributed by atoms with E-state index in [1.165, 1.54) is 6.07 Å². The van der Waals surface area contributed by atoms with E-state index in [1.807, 2.05) is 0 Å². The Morgan fingerprint density at radius 3 is 2.62 bits per heavy atom. The zero-order valence-electron chi connectivity index (χ0n) is 11.5. The second-order valence-electron chi connectivity index (χ2n) is 5.31. The minimum atomic E-state index is -3.95. The van der Waals surface area contributed by atoms with Gasteiger partial charge in [-0.2, -0.15) is 0 Å². The third kappa shape index (κ3) is 3.69. The molecule has 1 fully saturated rings. The van der Waals surface area contributed by atoms with E-state index in [9.17, 15) is 13.2 Å². The summed E-state index contributed by atoms with van der Waals surface area (Å²) in [7, 11) is -3.95. The Morgan fingerprint density at radius 2 is 2.05 bits per heavy atom. The Kier molecular flexibility index (Phi) is 4.82. The lowest BCUT2D eigenvalue weighted by molar-refractivity contribution is 0.0683. The van der Waals surface area contributed by atoms with Crippen molar-refractivity contribution in [2.24, 2.45) is 11.1 Å². The molecule has 2 N–H and O–H groups in total. The number of piperidine rings is 1. The van der Waals surface area contributed by atoms with Crippen LogP contribution in [0.2, 0.25) is 10.0 Å². The van der Waals surface area contributed by atoms with Crippen LogP contribution in [-0.4, -0.2) is 32.3 Å². The largest absolute Gasteiger partial charge is 0.338 e. The summed E-state index contributed by atoms with van der Waals surface area (Å²) >= 11 is 12.0. The second kappa shape index (κ2) is 6.12. The highest BCUT2D eigenvalue weighted by atomic mass is 35.5. The molecule has 21 heavy (non-hydrogen) atoms. The van der Waals surface area contributed by atoms with E-state index in [0.717, 1.165) is 18.9 Å². The van der Waals surface area contributed by atoms with Crippen LogP contribution in [0.15, 0.2) is 17.0 Å². The van der Waals surface area contributed by atoms with Crippen molar-refractivity contribution >= 4 is 39.1 Å². The van der Waals surface area contributed by atoms with Crippen molar-refractivity contribution in [3.63, 3.8) is 0 Å². The first-order chi connectivity index (χ1) is 9.70. The Hall–Kier alpha value is -0.820. The summed E-state index contributed by atoms with van der Waals surface area (Å²) in [4.78, 5) is 14.0. The monoisotopic (exact) mass is 350 g/mol. The molecule has 8 heteroatoms. The number of rotatable bonds is 2. The van der Waals surface area contributed by atoms with Gasteiger partial charge in [0.05, 0.1) is 20.5 Å². The van der Waals surface area contributed by atoms with Crippen molar-refractivity contribution in [1.29, 1.82) is 0 Å². The summed E-state index contributed by atoms with van der Waals surface area (Å²) in [6.45, 7) is 3.30. The average Bonchev–Trinajstić information content (AvgIpc) is 2.39. The molecule has 1 atom stereocenters. The van der Waals surface area contributed by atoms with Gasteiger partial charge in [-0.25, -0.2) is 13.6 Å². The lowest BCUT2D eigenvalue weighted by Gasteiger charge is -2.31. The average molecular weight is 351 g/mol. The molecule has 1 unspecified atom stereocenters. The van der Waals surface area contributed by atoms with Crippen LogP contribution in [-0.2, 0) is 10.0 Å². The smallest absolute Gasteiger partial charge is 0.255 e. The number of carbonyl (C=O) groups excluding carboxylic acids is 1. The molecule has 116 valence electrons. The maximum atomic E-state index is 12.5. The molecule has 0 radical (unpaired) electrons. The van der Waals surface area contributed by atoms with Crippen LogP contribution in [0.25, 0.3) is 0 Å². The Labute approximate surface area is 134 Å². The SMILES string of the molecule is CC1CCCN(C(=O)c2cc(S(N)(=O)=O)cc(Cl)c2Cl)C1. The van der Waals surface area contributed by atoms with Crippen LogP contribution < -0.4 is 5.14 Å². The van der Waals surface area contributed by atoms with Gasteiger partial charge in [0.25, 0.3) is 5.91 Å². The quantitative estimate of drug-likeness (QED) is 0.889. The number of nitrogens with zero attached hydrogens (tertiary/aromatic N) is 1. The van der Waals surface area contributed by atoms with Crippen molar-refractivity contribution in [2.45, 2.75) is 24.7 Å². The lowest BCUT2D eigenvalue weighted by atomic mass is 9.99. The maximum absolute atomic E-state index is 12.5. The van der Waals surface area contributed by atoms with Gasteiger partial charge in [0.15, 0.2) is 0 Å². The molecule has 0 aliphatic carbocycles. The van der Waals surface area contributed by atoms with Crippen LogP contribution >= 0.6 is 23.2 Å². The molecule has 0 aromatic heterocycles. The van der Waals surface area contributed by atoms with Crippen molar-refractivity contribution in [2.75, 3.05) is 13.1 Å². The number of likely N-dealkylation sites (tertiary alicyclic amines) is 1. The molecule has 1 amide bonds. The highest BCUT2D eigenvalue weighted by molar-refractivity contribution is 7.89. The Morgan fingerprint density at radius 1 is 1.38 bits per heavy atom. The van der Waals surface area contributed by atoms with Gasteiger partial charge in [0, 0.05) is 13.1 Å². The summed E-state index contributed by atoms with van der Waals surface area (Å²) in [6, 6.07) is 2.33. The zero-order chi connectivity index (χ0) is 15.8. The van der Waals surface area contributed by atoms with Gasteiger partial charge < -0.3 is 4.90 Å². The fourth-order valence-corrected chi connectivity index (χ4v) is 3.47. The van der Waals surface area contributed by atoms with Gasteiger partial charge >= 0.3 is 0 Å². The summed E-state index contributed by atoms with van der Waals surface area (Å²) in [5.41, 5.74) is 0.0716. The second-order valence-corrected chi connectivity index (χ2v) is 7.66. The lowest BCUT2D eigenvalue weighted by Crippen LogP contribution is -2.39. The number of nitrogens with two attached hydrogens (primary N) is 1. The molecule has 1 heterocycles. The summed E-state index contributed by atoms with van der Waals surface area (Å²) in [5, 5.41) is 5.14. The predicted molar refractivity (Wildman–Crippen MR) is 82.1 cm³/mol. The van der Waals surface area contributed by atoms with E-state index in [1.54, 1.807) is 4.90 Å². The van der Waals surface area contributed by atoms with E-state index in [-0.39, 0.29) is 26.4 Å². The van der Waals surface area contributed by atoms with Gasteiger partial charge in [0.1, 0.15) is 0 Å². The number of carbonyl (C=O) groups is 1. The molecular formula is C13H16Cl2N2O3S. The van der Waals surface area contributed by atoms with Gasteiger partial charge in [-0.3, -0.25) is 4.79 Å². The van der Waals surface area contributed by atoms with E-state index >= 15 is 0 Å². The molecule has 1 aromatic rings. The summed E-state index contributed by atoms with van der Waals surface area (Å²) in [6.07, 6.45) is 1.97. The van der Waals surface area contributed by atoms with E-state index in [0.29, 0.717) is 19.0 Å². The van der Waals surface area contributed by atoms with Gasteiger partial charge in [-0.05, 0) is 30.9 Å². The molecule has 0 saturated carbocycles. The molecule has 1 aromatic carbocycles. The third-order valence-corrected chi connectivity index (χ3v) is 5.20. The maximum Gasteiger partial charge on any atom is 0.255 e. The van der Waals surface area contributed by atoms with E-state index < -0.39 is 10.0 Å². The number of hydrogen-bond acceptors (Lipinski definition) is 3. The summed E-state index contributed by atoms with van der Waals surface area (Å²) < 4.78 is 22.9. The normalized spacial score (nSPS) is 19.6. The van der Waals surface area contributed by atoms with Crippen molar-refractivity contribution in [3.05, 3.63) is 27.7 Å². The number of primary sulfonamides is 1. The van der Waals surface area contributed by atoms with Crippen molar-refractivity contribution in [1.82, 2.24) is 4.90 Å². The standard InChI is InChI=1S/C13H16Cl2N2O3S/c1-8-3-2-4-17(7-8)13(18)10-5-9(21(16,19)20)6-11(14)12(10)15/h5-6,8H,2-4,7H2,1H3,(H2,16,19,20). The number of benzene rings is 1. The predicted octanol–water partition coefficient (Wildman–Crippen LogP) is 2.51. The molecule has 1 saturated heterocycles. The van der Waals surface area contributed by atoms with Crippen molar-refractivity contribution < 1.29 is 13.2 Å². The van der Waals surface area contributed by atoms with Gasteiger partial charge in [-0.15, -0.1) is 0 Å². The Balaban J connectivity index is 2.43. The molecule has 2 rings (SSSR count). The number of hydrogen-bond donors (Lipinski definition) is 1. The fourth-order valence-electron chi connectivity index (χ4n) is 2.43. The molecular weight excluding hydrogens is 335 g/mol. The van der Waals surface area contributed by atoms with E-state index in [2.05, 4.69) is 6.92 Å². The van der Waals surface area contributed by atoms with E-state index in [4.69, 9.17) is 28.3 Å². The van der Waals surface area contributed by atoms with Crippen LogP contribution in [0, 0.1) is 5.92 Å². The number of halogens is 2. The first-order valence-corrected chi connectivity index (χ1v) is 8.81. The molecule has 0 bridgehead atoms. The zero-order valence-corrected chi connectivity index (χ0v) is 13.8. The Bertz CT molecular complexity index is 676. The van der Waals surface area contributed by atoms with Crippen LogP contribution in [0.3, 0.4) is 0 Å². The van der Waals surface area contributed by atoms with Crippen LogP contribution in [0.1, 0.15) is 30.1 Å². The number of amides is 1. The van der Waals surface area contributed by atoms with Crippen LogP contribution in [0.4, 0.5) is 0 Å². The topological polar surface area (TPSA) is 80.5 Å². The van der Waals surface area contributed by atoms with Crippen LogP contribution in [0.5, 0.6) is 0 Å². The van der Waals surface area contributed by atoms with Gasteiger partial charge in [0.2, 0.25) is 10.0 Å². The molecule has 5 nitrogen and oxygen atoms in total. The molecule has 1 aliphatic rings. The fraction of sp³-hybridized carbons (Fsp3) is 0.462.